The summed E-state index contributed by atoms with van der Waals surface area (Å²) in [6.07, 6.45) is 2.17. The number of ether oxygens (including phenoxy) is 2. The molecule has 4 nitrogen and oxygen atoms in total. The van der Waals surface area contributed by atoms with Crippen LogP contribution in [0.5, 0.6) is 0 Å². The molecular weight excluding hydrogens is 170 g/mol. The maximum atomic E-state index is 11.3. The summed E-state index contributed by atoms with van der Waals surface area (Å²) in [5.74, 6) is 0.00856. The molecule has 2 aliphatic rings. The molecule has 13 heavy (non-hydrogen) atoms. The Balaban J connectivity index is 1.83. The molecule has 1 aliphatic carbocycles. The van der Waals surface area contributed by atoms with Crippen LogP contribution in [0.2, 0.25) is 0 Å². The summed E-state index contributed by atoms with van der Waals surface area (Å²) in [6, 6.07) is 1.78. The highest BCUT2D eigenvalue weighted by Crippen LogP contribution is 2.48. The van der Waals surface area contributed by atoms with Crippen molar-refractivity contribution in [3.63, 3.8) is 0 Å². The Bertz CT molecular complexity index is 246. The van der Waals surface area contributed by atoms with Crippen molar-refractivity contribution < 1.29 is 14.3 Å². The van der Waals surface area contributed by atoms with Gasteiger partial charge in [-0.2, -0.15) is 5.26 Å². The van der Waals surface area contributed by atoms with E-state index in [4.69, 9.17) is 14.7 Å². The lowest BCUT2D eigenvalue weighted by molar-refractivity contribution is -0.145. The van der Waals surface area contributed by atoms with Crippen molar-refractivity contribution >= 4 is 5.97 Å². The minimum atomic E-state index is -0.265. The highest BCUT2D eigenvalue weighted by molar-refractivity contribution is 5.77. The minimum Gasteiger partial charge on any atom is -0.450 e. The number of hydrogen-bond acceptors (Lipinski definition) is 4. The van der Waals surface area contributed by atoms with Crippen LogP contribution in [0.25, 0.3) is 0 Å². The first-order chi connectivity index (χ1) is 6.34. The third-order valence-corrected chi connectivity index (χ3v) is 2.64. The lowest BCUT2D eigenvalue weighted by Crippen LogP contribution is -2.11. The third kappa shape index (κ3) is 1.52. The molecule has 0 aromatic rings. The fourth-order valence-electron chi connectivity index (χ4n) is 1.96. The summed E-state index contributed by atoms with van der Waals surface area (Å²) in [7, 11) is 0. The fraction of sp³-hybridized carbons (Fsp3) is 0.778. The summed E-state index contributed by atoms with van der Waals surface area (Å²) in [5, 5.41) is 8.22. The van der Waals surface area contributed by atoms with Gasteiger partial charge in [0.15, 0.2) is 6.61 Å². The van der Waals surface area contributed by atoms with Gasteiger partial charge in [-0.05, 0) is 12.8 Å². The van der Waals surface area contributed by atoms with Crippen molar-refractivity contribution in [2.75, 3.05) is 13.2 Å². The van der Waals surface area contributed by atoms with Crippen LogP contribution in [-0.4, -0.2) is 25.3 Å². The highest BCUT2D eigenvalue weighted by atomic mass is 16.5. The van der Waals surface area contributed by atoms with E-state index in [0.29, 0.717) is 5.92 Å². The molecule has 1 heterocycles. The van der Waals surface area contributed by atoms with Gasteiger partial charge < -0.3 is 9.47 Å². The molecule has 0 N–H and O–H groups in total. The van der Waals surface area contributed by atoms with E-state index < -0.39 is 0 Å². The van der Waals surface area contributed by atoms with E-state index in [2.05, 4.69) is 0 Å². The number of fused-ring (bicyclic) bond motifs is 1. The van der Waals surface area contributed by atoms with Crippen LogP contribution in [0.4, 0.5) is 0 Å². The molecular formula is C9H11NO3. The largest absolute Gasteiger partial charge is 0.450 e. The van der Waals surface area contributed by atoms with E-state index in [1.54, 1.807) is 6.07 Å². The monoisotopic (exact) mass is 181 g/mol. The molecule has 70 valence electrons. The van der Waals surface area contributed by atoms with Gasteiger partial charge in [0, 0.05) is 12.5 Å². The van der Waals surface area contributed by atoms with E-state index in [-0.39, 0.29) is 24.6 Å². The highest BCUT2D eigenvalue weighted by Gasteiger charge is 2.57. The fourth-order valence-corrected chi connectivity index (χ4v) is 1.96. The molecule has 2 fully saturated rings. The van der Waals surface area contributed by atoms with Gasteiger partial charge in [0.1, 0.15) is 6.07 Å². The van der Waals surface area contributed by atoms with Crippen LogP contribution >= 0.6 is 0 Å². The minimum absolute atomic E-state index is 0.0833. The predicted molar refractivity (Wildman–Crippen MR) is 42.5 cm³/mol. The van der Waals surface area contributed by atoms with Gasteiger partial charge in [-0.15, -0.1) is 0 Å². The van der Waals surface area contributed by atoms with Crippen molar-refractivity contribution in [1.29, 1.82) is 5.26 Å². The average Bonchev–Trinajstić information content (AvgIpc) is 2.88. The van der Waals surface area contributed by atoms with Crippen LogP contribution in [0.1, 0.15) is 12.8 Å². The lowest BCUT2D eigenvalue weighted by Gasteiger charge is -2.07. The Labute approximate surface area is 76.4 Å². The number of rotatable bonds is 2. The van der Waals surface area contributed by atoms with Crippen molar-refractivity contribution in [3.05, 3.63) is 0 Å². The summed E-state index contributed by atoms with van der Waals surface area (Å²) in [6.45, 7) is 0.609. The Kier molecular flexibility index (Phi) is 2.19. The van der Waals surface area contributed by atoms with Gasteiger partial charge in [-0.25, -0.2) is 0 Å². The molecule has 0 aromatic carbocycles. The van der Waals surface area contributed by atoms with Crippen LogP contribution < -0.4 is 0 Å². The number of hydrogen-bond donors (Lipinski definition) is 0. The number of carbonyl (C=O) groups is 1. The van der Waals surface area contributed by atoms with Crippen LogP contribution in [0.15, 0.2) is 0 Å². The second-order valence-corrected chi connectivity index (χ2v) is 3.43. The van der Waals surface area contributed by atoms with E-state index in [0.717, 1.165) is 19.4 Å². The summed E-state index contributed by atoms with van der Waals surface area (Å²) in [4.78, 5) is 11.3. The standard InChI is InChI=1S/C9H11NO3/c10-3-5-13-9(11)7-6-2-1-4-12-8(6)7/h6-8H,1-2,4-5H2. The maximum absolute atomic E-state index is 11.3. The molecule has 0 bridgehead atoms. The van der Waals surface area contributed by atoms with Gasteiger partial charge in [-0.1, -0.05) is 0 Å². The molecule has 0 amide bonds. The summed E-state index contributed by atoms with van der Waals surface area (Å²) in [5.41, 5.74) is 0. The molecule has 1 saturated carbocycles. The zero-order valence-corrected chi connectivity index (χ0v) is 7.23. The van der Waals surface area contributed by atoms with Crippen molar-refractivity contribution in [2.45, 2.75) is 18.9 Å². The van der Waals surface area contributed by atoms with Crippen LogP contribution in [-0.2, 0) is 14.3 Å². The van der Waals surface area contributed by atoms with E-state index in [9.17, 15) is 4.79 Å². The summed E-state index contributed by atoms with van der Waals surface area (Å²) < 4.78 is 10.1. The predicted octanol–water partition coefficient (Wildman–Crippen LogP) is 0.478. The molecule has 1 saturated heterocycles. The van der Waals surface area contributed by atoms with Gasteiger partial charge in [0.2, 0.25) is 0 Å². The van der Waals surface area contributed by atoms with Crippen molar-refractivity contribution in [1.82, 2.24) is 0 Å². The average molecular weight is 181 g/mol. The molecule has 0 aromatic heterocycles. The maximum Gasteiger partial charge on any atom is 0.313 e. The van der Waals surface area contributed by atoms with Crippen LogP contribution in [0, 0.1) is 23.2 Å². The third-order valence-electron chi connectivity index (χ3n) is 2.64. The lowest BCUT2D eigenvalue weighted by atomic mass is 10.2. The number of esters is 1. The Hall–Kier alpha value is -1.08. The molecule has 3 unspecified atom stereocenters. The molecule has 1 aliphatic heterocycles. The zero-order valence-electron chi connectivity index (χ0n) is 7.23. The molecule has 2 rings (SSSR count). The van der Waals surface area contributed by atoms with Gasteiger partial charge in [-0.3, -0.25) is 4.79 Å². The first-order valence-corrected chi connectivity index (χ1v) is 4.50. The summed E-state index contributed by atoms with van der Waals surface area (Å²) >= 11 is 0. The number of carbonyl (C=O) groups excluding carboxylic acids is 1. The molecule has 3 atom stereocenters. The Morgan fingerprint density at radius 2 is 2.54 bits per heavy atom. The topological polar surface area (TPSA) is 59.3 Å². The van der Waals surface area contributed by atoms with E-state index >= 15 is 0 Å². The van der Waals surface area contributed by atoms with Gasteiger partial charge >= 0.3 is 5.97 Å². The Morgan fingerprint density at radius 1 is 1.69 bits per heavy atom. The second kappa shape index (κ2) is 3.35. The smallest absolute Gasteiger partial charge is 0.313 e. The van der Waals surface area contributed by atoms with Crippen molar-refractivity contribution in [2.24, 2.45) is 11.8 Å². The van der Waals surface area contributed by atoms with E-state index in [1.165, 1.54) is 0 Å². The van der Waals surface area contributed by atoms with E-state index in [1.807, 2.05) is 0 Å². The zero-order chi connectivity index (χ0) is 9.26. The first-order valence-electron chi connectivity index (χ1n) is 4.50. The number of nitriles is 1. The molecule has 0 spiro atoms. The van der Waals surface area contributed by atoms with Gasteiger partial charge in [0.05, 0.1) is 12.0 Å². The number of nitrogens with zero attached hydrogens (tertiary/aromatic N) is 1. The SMILES string of the molecule is N#CCOC(=O)C1C2CCCOC21. The molecule has 4 heteroatoms. The first kappa shape index (κ1) is 8.52. The van der Waals surface area contributed by atoms with Gasteiger partial charge in [0.25, 0.3) is 0 Å². The Morgan fingerprint density at radius 3 is 3.15 bits per heavy atom. The quantitative estimate of drug-likeness (QED) is 0.581. The van der Waals surface area contributed by atoms with Crippen LogP contribution in [0.3, 0.4) is 0 Å². The van der Waals surface area contributed by atoms with Crippen molar-refractivity contribution in [3.8, 4) is 6.07 Å². The molecule has 0 radical (unpaired) electrons. The normalized spacial score (nSPS) is 35.8. The second-order valence-electron chi connectivity index (χ2n) is 3.43.